The van der Waals surface area contributed by atoms with E-state index in [0.717, 1.165) is 0 Å². The topological polar surface area (TPSA) is 37.3 Å². The van der Waals surface area contributed by atoms with Crippen molar-refractivity contribution in [3.05, 3.63) is 12.7 Å². The maximum atomic E-state index is 10.7. The second-order valence-corrected chi connectivity index (χ2v) is 3.04. The van der Waals surface area contributed by atoms with E-state index in [4.69, 9.17) is 0 Å². The van der Waals surface area contributed by atoms with Crippen LogP contribution in [0.3, 0.4) is 0 Å². The van der Waals surface area contributed by atoms with Gasteiger partial charge < -0.3 is 5.11 Å². The van der Waals surface area contributed by atoms with Gasteiger partial charge in [-0.3, -0.25) is 4.79 Å². The smallest absolute Gasteiger partial charge is 0.159 e. The minimum absolute atomic E-state index is 0.218. The third-order valence-corrected chi connectivity index (χ3v) is 1.62. The Morgan fingerprint density at radius 2 is 2.10 bits per heavy atom. The normalized spacial score (nSPS) is 14.4. The van der Waals surface area contributed by atoms with Crippen LogP contribution in [-0.2, 0) is 4.79 Å². The van der Waals surface area contributed by atoms with Gasteiger partial charge in [-0.05, 0) is 6.92 Å². The molecule has 0 spiro atoms. The second kappa shape index (κ2) is 2.97. The zero-order valence-corrected chi connectivity index (χ0v) is 6.72. The van der Waals surface area contributed by atoms with Crippen molar-refractivity contribution < 1.29 is 9.90 Å². The molecule has 1 N–H and O–H groups in total. The van der Waals surface area contributed by atoms with Crippen molar-refractivity contribution in [1.29, 1.82) is 0 Å². The average Bonchev–Trinajstić information content (AvgIpc) is 1.86. The summed E-state index contributed by atoms with van der Waals surface area (Å²) in [7, 11) is 0. The highest BCUT2D eigenvalue weighted by molar-refractivity contribution is 5.81. The molecule has 0 saturated carbocycles. The van der Waals surface area contributed by atoms with Crippen molar-refractivity contribution >= 4 is 5.78 Å². The lowest BCUT2D eigenvalue weighted by molar-refractivity contribution is -0.128. The molecule has 0 heterocycles. The van der Waals surface area contributed by atoms with Crippen molar-refractivity contribution in [2.24, 2.45) is 5.41 Å². The van der Waals surface area contributed by atoms with E-state index in [9.17, 15) is 9.90 Å². The van der Waals surface area contributed by atoms with Gasteiger partial charge in [-0.1, -0.05) is 19.9 Å². The Morgan fingerprint density at radius 1 is 1.70 bits per heavy atom. The van der Waals surface area contributed by atoms with Crippen LogP contribution >= 0.6 is 0 Å². The van der Waals surface area contributed by atoms with Gasteiger partial charge in [0.25, 0.3) is 0 Å². The molecule has 0 aromatic heterocycles. The Morgan fingerprint density at radius 3 is 2.20 bits per heavy atom. The van der Waals surface area contributed by atoms with E-state index in [1.165, 1.54) is 6.92 Å². The predicted octanol–water partition coefficient (Wildman–Crippen LogP) is 1.15. The van der Waals surface area contributed by atoms with E-state index in [1.807, 2.05) is 0 Å². The van der Waals surface area contributed by atoms with Gasteiger partial charge in [0.05, 0.1) is 0 Å². The number of carbonyl (C=O) groups is 1. The van der Waals surface area contributed by atoms with Gasteiger partial charge >= 0.3 is 0 Å². The minimum Gasteiger partial charge on any atom is -0.384 e. The lowest BCUT2D eigenvalue weighted by Crippen LogP contribution is -2.33. The van der Waals surface area contributed by atoms with Crippen LogP contribution < -0.4 is 0 Å². The Labute approximate surface area is 61.6 Å². The molecule has 0 radical (unpaired) electrons. The molecule has 0 saturated heterocycles. The standard InChI is InChI=1S/C8H14O2/c1-5-8(3,4)7(10)6(2)9/h5,7,10H,1H2,2-4H3. The van der Waals surface area contributed by atoms with Gasteiger partial charge in [0.1, 0.15) is 6.10 Å². The largest absolute Gasteiger partial charge is 0.384 e. The first-order valence-electron chi connectivity index (χ1n) is 3.24. The Hall–Kier alpha value is -0.630. The molecule has 10 heavy (non-hydrogen) atoms. The Balaban J connectivity index is 4.31. The minimum atomic E-state index is -0.926. The van der Waals surface area contributed by atoms with E-state index in [-0.39, 0.29) is 5.78 Å². The van der Waals surface area contributed by atoms with E-state index in [0.29, 0.717) is 0 Å². The number of hydrogen-bond donors (Lipinski definition) is 1. The molecule has 0 rings (SSSR count). The fraction of sp³-hybridized carbons (Fsp3) is 0.625. The zero-order chi connectivity index (χ0) is 8.36. The highest BCUT2D eigenvalue weighted by Crippen LogP contribution is 2.21. The number of Topliss-reactive ketones (excluding diaryl/α,β-unsaturated/α-hetero) is 1. The predicted molar refractivity (Wildman–Crippen MR) is 40.7 cm³/mol. The number of aliphatic hydroxyl groups excluding tert-OH is 1. The summed E-state index contributed by atoms with van der Waals surface area (Å²) in [6.07, 6.45) is 0.656. The lowest BCUT2D eigenvalue weighted by Gasteiger charge is -2.24. The van der Waals surface area contributed by atoms with Crippen LogP contribution in [-0.4, -0.2) is 17.0 Å². The number of aliphatic hydroxyl groups is 1. The molecular weight excluding hydrogens is 128 g/mol. The Bertz CT molecular complexity index is 147. The van der Waals surface area contributed by atoms with Crippen LogP contribution in [0.2, 0.25) is 0 Å². The monoisotopic (exact) mass is 142 g/mol. The molecule has 0 amide bonds. The number of hydrogen-bond acceptors (Lipinski definition) is 2. The summed E-state index contributed by atoms with van der Waals surface area (Å²) >= 11 is 0. The summed E-state index contributed by atoms with van der Waals surface area (Å²) < 4.78 is 0. The van der Waals surface area contributed by atoms with E-state index in [2.05, 4.69) is 6.58 Å². The van der Waals surface area contributed by atoms with Crippen LogP contribution in [0.4, 0.5) is 0 Å². The van der Waals surface area contributed by atoms with Gasteiger partial charge in [0.2, 0.25) is 0 Å². The molecule has 1 unspecified atom stereocenters. The van der Waals surface area contributed by atoms with Crippen molar-refractivity contribution in [3.8, 4) is 0 Å². The van der Waals surface area contributed by atoms with Gasteiger partial charge in [-0.2, -0.15) is 0 Å². The molecule has 0 aliphatic rings. The molecule has 0 aromatic carbocycles. The molecule has 0 bridgehead atoms. The van der Waals surface area contributed by atoms with Crippen LogP contribution in [0.5, 0.6) is 0 Å². The lowest BCUT2D eigenvalue weighted by atomic mass is 9.85. The van der Waals surface area contributed by atoms with Gasteiger partial charge in [-0.25, -0.2) is 0 Å². The van der Waals surface area contributed by atoms with E-state index >= 15 is 0 Å². The van der Waals surface area contributed by atoms with E-state index < -0.39 is 11.5 Å². The van der Waals surface area contributed by atoms with Crippen LogP contribution in [0, 0.1) is 5.41 Å². The first kappa shape index (κ1) is 9.37. The second-order valence-electron chi connectivity index (χ2n) is 3.04. The summed E-state index contributed by atoms with van der Waals surface area (Å²) in [4.78, 5) is 10.7. The van der Waals surface area contributed by atoms with Crippen molar-refractivity contribution in [2.75, 3.05) is 0 Å². The summed E-state index contributed by atoms with van der Waals surface area (Å²) in [6.45, 7) is 8.43. The summed E-state index contributed by atoms with van der Waals surface area (Å²) in [5.41, 5.74) is -0.508. The van der Waals surface area contributed by atoms with Crippen LogP contribution in [0.15, 0.2) is 12.7 Å². The van der Waals surface area contributed by atoms with Crippen LogP contribution in [0.25, 0.3) is 0 Å². The first-order valence-corrected chi connectivity index (χ1v) is 3.24. The third kappa shape index (κ3) is 1.95. The summed E-state index contributed by atoms with van der Waals surface area (Å²) in [5, 5.41) is 9.23. The highest BCUT2D eigenvalue weighted by atomic mass is 16.3. The molecule has 58 valence electrons. The summed E-state index contributed by atoms with van der Waals surface area (Å²) in [6, 6.07) is 0. The molecular formula is C8H14O2. The molecule has 0 aliphatic carbocycles. The van der Waals surface area contributed by atoms with Gasteiger partial charge in [0.15, 0.2) is 5.78 Å². The maximum Gasteiger partial charge on any atom is 0.159 e. The number of ketones is 1. The highest BCUT2D eigenvalue weighted by Gasteiger charge is 2.27. The maximum absolute atomic E-state index is 10.7. The van der Waals surface area contributed by atoms with Crippen molar-refractivity contribution in [1.82, 2.24) is 0 Å². The van der Waals surface area contributed by atoms with Crippen molar-refractivity contribution in [2.45, 2.75) is 26.9 Å². The molecule has 1 atom stereocenters. The fourth-order valence-corrected chi connectivity index (χ4v) is 0.636. The Kier molecular flexibility index (Phi) is 2.78. The molecule has 2 heteroatoms. The fourth-order valence-electron chi connectivity index (χ4n) is 0.636. The summed E-state index contributed by atoms with van der Waals surface area (Å²) in [5.74, 6) is -0.218. The molecule has 0 fully saturated rings. The van der Waals surface area contributed by atoms with Gasteiger partial charge in [-0.15, -0.1) is 6.58 Å². The zero-order valence-electron chi connectivity index (χ0n) is 6.72. The van der Waals surface area contributed by atoms with Crippen LogP contribution in [0.1, 0.15) is 20.8 Å². The first-order chi connectivity index (χ1) is 4.41. The number of carbonyl (C=O) groups excluding carboxylic acids is 1. The SMILES string of the molecule is C=CC(C)(C)C(O)C(C)=O. The van der Waals surface area contributed by atoms with Gasteiger partial charge in [0, 0.05) is 5.41 Å². The number of rotatable bonds is 3. The van der Waals surface area contributed by atoms with E-state index in [1.54, 1.807) is 19.9 Å². The molecule has 2 nitrogen and oxygen atoms in total. The third-order valence-electron chi connectivity index (χ3n) is 1.62. The molecule has 0 aliphatic heterocycles. The van der Waals surface area contributed by atoms with Crippen molar-refractivity contribution in [3.63, 3.8) is 0 Å². The quantitative estimate of drug-likeness (QED) is 0.600. The molecule has 0 aromatic rings. The average molecular weight is 142 g/mol.